The lowest BCUT2D eigenvalue weighted by Gasteiger charge is -2.26. The molecular weight excluding hydrogens is 451 g/mol. The highest BCUT2D eigenvalue weighted by Gasteiger charge is 2.28. The van der Waals surface area contributed by atoms with Crippen LogP contribution in [0, 0.1) is 5.82 Å². The van der Waals surface area contributed by atoms with Gasteiger partial charge in [0, 0.05) is 30.8 Å². The molecule has 1 aliphatic carbocycles. The van der Waals surface area contributed by atoms with Crippen molar-refractivity contribution in [2.45, 2.75) is 30.7 Å². The maximum atomic E-state index is 14.6. The lowest BCUT2D eigenvalue weighted by Crippen LogP contribution is -2.22. The Morgan fingerprint density at radius 2 is 2.18 bits per heavy atom. The van der Waals surface area contributed by atoms with Crippen molar-refractivity contribution in [1.82, 2.24) is 14.8 Å². The number of fused-ring (bicyclic) bond motifs is 2. The Balaban J connectivity index is 1.53. The van der Waals surface area contributed by atoms with Gasteiger partial charge in [0.25, 0.3) is 0 Å². The first-order valence-electron chi connectivity index (χ1n) is 10.3. The summed E-state index contributed by atoms with van der Waals surface area (Å²) in [4.78, 5) is 17.0. The monoisotopic (exact) mass is 472 g/mol. The molecule has 12 heteroatoms. The van der Waals surface area contributed by atoms with Crippen LogP contribution in [0.1, 0.15) is 17.5 Å². The van der Waals surface area contributed by atoms with E-state index in [2.05, 4.69) is 19.8 Å². The van der Waals surface area contributed by atoms with Crippen LogP contribution in [-0.2, 0) is 29.3 Å². The summed E-state index contributed by atoms with van der Waals surface area (Å²) in [5.74, 6) is 0.234. The third-order valence-corrected chi connectivity index (χ3v) is 7.00. The summed E-state index contributed by atoms with van der Waals surface area (Å²) in [5.41, 5.74) is 2.62. The number of nitrogens with zero attached hydrogens (tertiary/aromatic N) is 4. The van der Waals surface area contributed by atoms with Gasteiger partial charge in [0.15, 0.2) is 9.92 Å². The summed E-state index contributed by atoms with van der Waals surface area (Å²) in [5, 5.41) is 12.7. The Labute approximate surface area is 189 Å². The van der Waals surface area contributed by atoms with Gasteiger partial charge in [0.2, 0.25) is 11.8 Å². The highest BCUT2D eigenvalue weighted by atomic mass is 32.2. The number of urea groups is 1. The van der Waals surface area contributed by atoms with Gasteiger partial charge in [-0.2, -0.15) is 5.10 Å². The minimum atomic E-state index is -3.63. The molecule has 1 aliphatic heterocycles. The first kappa shape index (κ1) is 21.3. The quantitative estimate of drug-likeness (QED) is 0.600. The molecule has 0 fully saturated rings. The van der Waals surface area contributed by atoms with Gasteiger partial charge >= 0.3 is 6.03 Å². The predicted molar refractivity (Wildman–Crippen MR) is 118 cm³/mol. The Morgan fingerprint density at radius 1 is 1.36 bits per heavy atom. The van der Waals surface area contributed by atoms with Crippen LogP contribution in [0.25, 0.3) is 11.1 Å². The first-order valence-corrected chi connectivity index (χ1v) is 11.8. The normalized spacial score (nSPS) is 15.8. The highest BCUT2D eigenvalue weighted by Crippen LogP contribution is 2.41. The van der Waals surface area contributed by atoms with Gasteiger partial charge in [-0.3, -0.25) is 0 Å². The number of methoxy groups -OCH3 is 1. The predicted octanol–water partition coefficient (Wildman–Crippen LogP) is 2.91. The number of pyridine rings is 1. The zero-order valence-electron chi connectivity index (χ0n) is 17.7. The van der Waals surface area contributed by atoms with E-state index in [0.717, 1.165) is 6.42 Å². The Morgan fingerprint density at radius 3 is 2.94 bits per heavy atom. The van der Waals surface area contributed by atoms with Crippen molar-refractivity contribution in [1.29, 1.82) is 0 Å². The lowest BCUT2D eigenvalue weighted by atomic mass is 9.83. The second-order valence-electron chi connectivity index (χ2n) is 7.65. The van der Waals surface area contributed by atoms with E-state index in [9.17, 15) is 13.4 Å². The summed E-state index contributed by atoms with van der Waals surface area (Å²) >= 11 is 0. The molecule has 2 aromatic heterocycles. The number of aryl methyl sites for hydroxylation is 1. The zero-order valence-corrected chi connectivity index (χ0v) is 18.5. The van der Waals surface area contributed by atoms with Crippen LogP contribution >= 0.6 is 0 Å². The van der Waals surface area contributed by atoms with Gasteiger partial charge in [-0.05, 0) is 41.7 Å². The van der Waals surface area contributed by atoms with Crippen LogP contribution in [0.5, 0.6) is 11.8 Å². The van der Waals surface area contributed by atoms with Gasteiger partial charge in [0.1, 0.15) is 10.7 Å². The van der Waals surface area contributed by atoms with E-state index >= 15 is 0 Å². The number of hydrogen-bond donors (Lipinski definition) is 2. The van der Waals surface area contributed by atoms with Crippen molar-refractivity contribution in [3.8, 4) is 22.9 Å². The molecule has 10 nitrogen and oxygen atoms in total. The molecule has 3 heterocycles. The van der Waals surface area contributed by atoms with E-state index in [0.29, 0.717) is 59.8 Å². The van der Waals surface area contributed by atoms with Crippen molar-refractivity contribution < 1.29 is 22.9 Å². The number of hydrogen-bond acceptors (Lipinski definition) is 6. The SMILES string of the molecule is COc1cc(-c2cc(F)c3c(c2NC(=O)N=[S@](N)(=O)c2cnn4c2OCCC4)CC3)ccn1. The van der Waals surface area contributed by atoms with Crippen molar-refractivity contribution >= 4 is 21.6 Å². The number of halogens is 1. The number of nitrogens with two attached hydrogens (primary N) is 1. The Hall–Kier alpha value is -3.51. The summed E-state index contributed by atoms with van der Waals surface area (Å²) in [6, 6.07) is 3.75. The van der Waals surface area contributed by atoms with Crippen LogP contribution in [-0.4, -0.2) is 38.7 Å². The molecule has 1 aromatic carbocycles. The summed E-state index contributed by atoms with van der Waals surface area (Å²) in [7, 11) is -2.15. The molecule has 3 N–H and O–H groups in total. The van der Waals surface area contributed by atoms with E-state index in [1.165, 1.54) is 30.3 Å². The van der Waals surface area contributed by atoms with E-state index in [1.54, 1.807) is 12.1 Å². The molecule has 0 unspecified atom stereocenters. The van der Waals surface area contributed by atoms with Crippen LogP contribution < -0.4 is 19.9 Å². The number of carbonyl (C=O) groups is 1. The number of anilines is 1. The van der Waals surface area contributed by atoms with Crippen LogP contribution in [0.4, 0.5) is 14.9 Å². The third kappa shape index (κ3) is 3.80. The number of ether oxygens (including phenoxy) is 2. The lowest BCUT2D eigenvalue weighted by molar-refractivity contribution is 0.224. The average molecular weight is 473 g/mol. The number of nitrogens with one attached hydrogen (secondary N) is 1. The molecule has 172 valence electrons. The van der Waals surface area contributed by atoms with Crippen LogP contribution in [0.2, 0.25) is 0 Å². The molecule has 5 rings (SSSR count). The molecule has 0 bridgehead atoms. The number of amides is 2. The number of aromatic nitrogens is 3. The van der Waals surface area contributed by atoms with Gasteiger partial charge in [-0.15, -0.1) is 4.36 Å². The molecular formula is C21H21FN6O4S. The van der Waals surface area contributed by atoms with Crippen molar-refractivity contribution in [2.75, 3.05) is 19.0 Å². The molecule has 33 heavy (non-hydrogen) atoms. The number of carbonyl (C=O) groups excluding carboxylic acids is 1. The molecule has 0 saturated carbocycles. The molecule has 0 saturated heterocycles. The van der Waals surface area contributed by atoms with Crippen molar-refractivity contribution in [2.24, 2.45) is 9.50 Å². The molecule has 1 atom stereocenters. The van der Waals surface area contributed by atoms with Gasteiger partial charge in [0.05, 0.1) is 25.6 Å². The topological polar surface area (TPSA) is 134 Å². The Bertz CT molecular complexity index is 1400. The summed E-state index contributed by atoms with van der Waals surface area (Å²) < 4.78 is 43.7. The molecule has 2 amide bonds. The molecule has 0 spiro atoms. The third-order valence-electron chi connectivity index (χ3n) is 5.65. The fourth-order valence-electron chi connectivity index (χ4n) is 3.97. The Kier molecular flexibility index (Phi) is 5.25. The second-order valence-corrected chi connectivity index (χ2v) is 9.41. The summed E-state index contributed by atoms with van der Waals surface area (Å²) in [6.07, 6.45) is 4.74. The van der Waals surface area contributed by atoms with Gasteiger partial charge in [-0.1, -0.05) is 0 Å². The average Bonchev–Trinajstić information content (AvgIpc) is 3.20. The van der Waals surface area contributed by atoms with Crippen LogP contribution in [0.15, 0.2) is 39.9 Å². The minimum absolute atomic E-state index is 0.0588. The molecule has 0 radical (unpaired) electrons. The number of benzene rings is 1. The second kappa shape index (κ2) is 8.12. The zero-order chi connectivity index (χ0) is 23.2. The van der Waals surface area contributed by atoms with E-state index < -0.39 is 15.9 Å². The van der Waals surface area contributed by atoms with E-state index in [4.69, 9.17) is 14.6 Å². The van der Waals surface area contributed by atoms with Crippen LogP contribution in [0.3, 0.4) is 0 Å². The summed E-state index contributed by atoms with van der Waals surface area (Å²) in [6.45, 7) is 1.03. The number of rotatable bonds is 4. The van der Waals surface area contributed by atoms with Crippen molar-refractivity contribution in [3.05, 3.63) is 47.5 Å². The van der Waals surface area contributed by atoms with E-state index in [1.807, 2.05) is 0 Å². The first-order chi connectivity index (χ1) is 15.9. The fourth-order valence-corrected chi connectivity index (χ4v) is 4.97. The maximum absolute atomic E-state index is 14.6. The van der Waals surface area contributed by atoms with E-state index in [-0.39, 0.29) is 16.6 Å². The molecule has 2 aliphatic rings. The van der Waals surface area contributed by atoms with Gasteiger partial charge in [-0.25, -0.2) is 28.2 Å². The minimum Gasteiger partial charge on any atom is -0.481 e. The smallest absolute Gasteiger partial charge is 0.354 e. The van der Waals surface area contributed by atoms with Crippen molar-refractivity contribution in [3.63, 3.8) is 0 Å². The fraction of sp³-hybridized carbons (Fsp3) is 0.286. The maximum Gasteiger partial charge on any atom is 0.354 e. The van der Waals surface area contributed by atoms with Gasteiger partial charge < -0.3 is 14.8 Å². The molecule has 3 aromatic rings. The largest absolute Gasteiger partial charge is 0.481 e. The highest BCUT2D eigenvalue weighted by molar-refractivity contribution is 7.91. The standard InChI is InChI=1S/C21H21FN6O4S/c1-31-18-9-12(5-6-24-18)15-10-16(22)13-3-4-14(13)19(15)26-21(29)27-33(23,30)17-11-25-28-7-2-8-32-20(17)28/h5-6,9-11H,2-4,7-8H2,1H3,(H3,23,26,27,29,30)/t33-/m0/s1.